The molecule has 1 aromatic rings. The summed E-state index contributed by atoms with van der Waals surface area (Å²) in [5, 5.41) is 5.83. The van der Waals surface area contributed by atoms with E-state index in [0.717, 1.165) is 38.5 Å². The SMILES string of the molecule is C#Cc1ccccc1C(C(=O)NCCCCC)N(C(=O)C(CCSC)NC(=O)OC(C)(C)C)C1CCC1. The zero-order valence-electron chi connectivity index (χ0n) is 23.0. The van der Waals surface area contributed by atoms with E-state index in [1.54, 1.807) is 43.5 Å². The van der Waals surface area contributed by atoms with Crippen molar-refractivity contribution in [2.24, 2.45) is 0 Å². The molecule has 7 nitrogen and oxygen atoms in total. The summed E-state index contributed by atoms with van der Waals surface area (Å²) in [5.41, 5.74) is 0.505. The highest BCUT2D eigenvalue weighted by molar-refractivity contribution is 7.98. The first-order valence-corrected chi connectivity index (χ1v) is 14.7. The van der Waals surface area contributed by atoms with Crippen LogP contribution in [-0.2, 0) is 14.3 Å². The van der Waals surface area contributed by atoms with Gasteiger partial charge in [0.05, 0.1) is 0 Å². The lowest BCUT2D eigenvalue weighted by Crippen LogP contribution is -2.57. The first-order valence-electron chi connectivity index (χ1n) is 13.3. The van der Waals surface area contributed by atoms with Crippen LogP contribution in [0.5, 0.6) is 0 Å². The van der Waals surface area contributed by atoms with Crippen LogP contribution in [0.1, 0.15) is 89.8 Å². The Labute approximate surface area is 226 Å². The monoisotopic (exact) mass is 529 g/mol. The highest BCUT2D eigenvalue weighted by Gasteiger charge is 2.42. The zero-order chi connectivity index (χ0) is 27.4. The summed E-state index contributed by atoms with van der Waals surface area (Å²) in [6.07, 6.45) is 13.0. The number of thioether (sulfide) groups is 1. The molecule has 2 rings (SSSR count). The molecule has 2 N–H and O–H groups in total. The van der Waals surface area contributed by atoms with Crippen molar-refractivity contribution in [2.75, 3.05) is 18.6 Å². The maximum atomic E-state index is 14.2. The number of ether oxygens (including phenoxy) is 1. The lowest BCUT2D eigenvalue weighted by atomic mass is 9.87. The smallest absolute Gasteiger partial charge is 0.408 e. The minimum absolute atomic E-state index is 0.109. The van der Waals surface area contributed by atoms with Crippen LogP contribution in [-0.4, -0.2) is 59.0 Å². The van der Waals surface area contributed by atoms with Gasteiger partial charge in [-0.15, -0.1) is 6.42 Å². The Hall–Kier alpha value is -2.66. The summed E-state index contributed by atoms with van der Waals surface area (Å²) in [6.45, 7) is 7.97. The first kappa shape index (κ1) is 30.6. The number of amides is 3. The summed E-state index contributed by atoms with van der Waals surface area (Å²) < 4.78 is 5.45. The standard InChI is InChI=1S/C29H43N3O4S/c1-7-9-12-19-30-26(33)25(23-17-11-10-14-21(23)8-2)32(22-15-13-16-22)27(34)24(18-20-37-6)31-28(35)36-29(3,4)5/h2,10-11,14,17,22,24-25H,7,9,12-13,15-16,18-20H2,1,3-6H3,(H,30,33)(H,31,35). The summed E-state index contributed by atoms with van der Waals surface area (Å²) in [7, 11) is 0. The molecule has 0 bridgehead atoms. The molecular formula is C29H43N3O4S. The zero-order valence-corrected chi connectivity index (χ0v) is 23.8. The molecule has 204 valence electrons. The lowest BCUT2D eigenvalue weighted by Gasteiger charge is -2.43. The van der Waals surface area contributed by atoms with Gasteiger partial charge in [-0.3, -0.25) is 9.59 Å². The molecule has 1 fully saturated rings. The number of benzene rings is 1. The summed E-state index contributed by atoms with van der Waals surface area (Å²) >= 11 is 1.59. The fourth-order valence-corrected chi connectivity index (χ4v) is 4.74. The molecule has 1 saturated carbocycles. The number of unbranched alkanes of at least 4 members (excludes halogenated alkanes) is 2. The number of terminal acetylenes is 1. The third-order valence-electron chi connectivity index (χ3n) is 6.34. The van der Waals surface area contributed by atoms with E-state index >= 15 is 0 Å². The van der Waals surface area contributed by atoms with E-state index in [1.807, 2.05) is 24.5 Å². The Morgan fingerprint density at radius 1 is 1.22 bits per heavy atom. The molecule has 1 aromatic carbocycles. The Kier molecular flexibility index (Phi) is 12.3. The van der Waals surface area contributed by atoms with Gasteiger partial charge in [0.25, 0.3) is 0 Å². The maximum Gasteiger partial charge on any atom is 0.408 e. The number of hydrogen-bond donors (Lipinski definition) is 2. The third kappa shape index (κ3) is 9.30. The predicted molar refractivity (Wildman–Crippen MR) is 150 cm³/mol. The van der Waals surface area contributed by atoms with Gasteiger partial charge in [0.2, 0.25) is 11.8 Å². The first-order chi connectivity index (χ1) is 17.6. The van der Waals surface area contributed by atoms with Crippen molar-refractivity contribution in [3.05, 3.63) is 35.4 Å². The number of hydrogen-bond acceptors (Lipinski definition) is 5. The van der Waals surface area contributed by atoms with Crippen LogP contribution in [0.2, 0.25) is 0 Å². The van der Waals surface area contributed by atoms with Crippen molar-refractivity contribution in [1.29, 1.82) is 0 Å². The molecule has 1 aliphatic rings. The predicted octanol–water partition coefficient (Wildman–Crippen LogP) is 5.04. The molecule has 0 aliphatic heterocycles. The lowest BCUT2D eigenvalue weighted by molar-refractivity contribution is -0.147. The van der Waals surface area contributed by atoms with E-state index in [-0.39, 0.29) is 17.9 Å². The van der Waals surface area contributed by atoms with Gasteiger partial charge in [-0.25, -0.2) is 4.79 Å². The van der Waals surface area contributed by atoms with Crippen molar-refractivity contribution in [1.82, 2.24) is 15.5 Å². The normalized spacial score (nSPS) is 15.0. The average Bonchev–Trinajstić information content (AvgIpc) is 2.81. The highest BCUT2D eigenvalue weighted by atomic mass is 32.2. The minimum atomic E-state index is -0.885. The highest BCUT2D eigenvalue weighted by Crippen LogP contribution is 2.35. The maximum absolute atomic E-state index is 14.2. The van der Waals surface area contributed by atoms with Crippen molar-refractivity contribution in [2.45, 2.75) is 96.4 Å². The van der Waals surface area contributed by atoms with Crippen LogP contribution in [0.25, 0.3) is 0 Å². The van der Waals surface area contributed by atoms with Crippen molar-refractivity contribution in [3.63, 3.8) is 0 Å². The van der Waals surface area contributed by atoms with Gasteiger partial charge in [0.1, 0.15) is 17.7 Å². The number of nitrogens with one attached hydrogen (secondary N) is 2. The number of carbonyl (C=O) groups excluding carboxylic acids is 3. The van der Waals surface area contributed by atoms with Gasteiger partial charge in [-0.1, -0.05) is 43.9 Å². The fourth-order valence-electron chi connectivity index (χ4n) is 4.27. The van der Waals surface area contributed by atoms with Gasteiger partial charge < -0.3 is 20.3 Å². The molecule has 0 saturated heterocycles. The summed E-state index contributed by atoms with van der Waals surface area (Å²) in [4.78, 5) is 42.3. The molecule has 3 amide bonds. The Balaban J connectivity index is 2.47. The van der Waals surface area contributed by atoms with Gasteiger partial charge in [0, 0.05) is 18.2 Å². The molecule has 37 heavy (non-hydrogen) atoms. The summed E-state index contributed by atoms with van der Waals surface area (Å²) in [6, 6.07) is 5.46. The Morgan fingerprint density at radius 3 is 2.49 bits per heavy atom. The number of carbonyl (C=O) groups is 3. The second kappa shape index (κ2) is 14.9. The number of nitrogens with zero attached hydrogens (tertiary/aromatic N) is 1. The van der Waals surface area contributed by atoms with Gasteiger partial charge in [-0.2, -0.15) is 11.8 Å². The second-order valence-electron chi connectivity index (χ2n) is 10.4. The molecule has 0 aromatic heterocycles. The minimum Gasteiger partial charge on any atom is -0.444 e. The van der Waals surface area contributed by atoms with Crippen LogP contribution in [0.15, 0.2) is 24.3 Å². The molecule has 0 radical (unpaired) electrons. The molecule has 2 unspecified atom stereocenters. The molecular weight excluding hydrogens is 486 g/mol. The van der Waals surface area contributed by atoms with Crippen LogP contribution in [0.3, 0.4) is 0 Å². The molecule has 0 spiro atoms. The number of rotatable bonds is 13. The fraction of sp³-hybridized carbons (Fsp3) is 0.621. The Morgan fingerprint density at radius 2 is 1.92 bits per heavy atom. The van der Waals surface area contributed by atoms with Crippen molar-refractivity contribution in [3.8, 4) is 12.3 Å². The van der Waals surface area contributed by atoms with Crippen molar-refractivity contribution >= 4 is 29.7 Å². The summed E-state index contributed by atoms with van der Waals surface area (Å²) in [5.74, 6) is 2.82. The van der Waals surface area contributed by atoms with Gasteiger partial charge >= 0.3 is 6.09 Å². The van der Waals surface area contributed by atoms with Crippen LogP contribution < -0.4 is 10.6 Å². The topological polar surface area (TPSA) is 87.7 Å². The third-order valence-corrected chi connectivity index (χ3v) is 6.98. The van der Waals surface area contributed by atoms with E-state index in [1.165, 1.54) is 0 Å². The van der Waals surface area contributed by atoms with Gasteiger partial charge in [0.15, 0.2) is 0 Å². The molecule has 8 heteroatoms. The van der Waals surface area contributed by atoms with Crippen molar-refractivity contribution < 1.29 is 19.1 Å². The van der Waals surface area contributed by atoms with E-state index in [9.17, 15) is 14.4 Å². The van der Waals surface area contributed by atoms with E-state index in [0.29, 0.717) is 29.8 Å². The van der Waals surface area contributed by atoms with Crippen LogP contribution in [0.4, 0.5) is 4.79 Å². The Bertz CT molecular complexity index is 949. The average molecular weight is 530 g/mol. The van der Waals surface area contributed by atoms with E-state index in [2.05, 4.69) is 23.5 Å². The quantitative estimate of drug-likeness (QED) is 0.276. The van der Waals surface area contributed by atoms with E-state index < -0.39 is 23.8 Å². The van der Waals surface area contributed by atoms with Crippen LogP contribution in [0, 0.1) is 12.3 Å². The van der Waals surface area contributed by atoms with E-state index in [4.69, 9.17) is 11.2 Å². The van der Waals surface area contributed by atoms with Gasteiger partial charge in [-0.05, 0) is 76.5 Å². The molecule has 1 aliphatic carbocycles. The molecule has 2 atom stereocenters. The van der Waals surface area contributed by atoms with Crippen LogP contribution >= 0.6 is 11.8 Å². The second-order valence-corrected chi connectivity index (χ2v) is 11.4. The molecule has 0 heterocycles. The number of alkyl carbamates (subject to hydrolysis) is 1. The largest absolute Gasteiger partial charge is 0.444 e.